The van der Waals surface area contributed by atoms with E-state index in [1.165, 1.54) is 12.1 Å². The number of nitrogens with two attached hydrogens (primary N) is 1. The molecule has 0 aromatic heterocycles. The van der Waals surface area contributed by atoms with Crippen LogP contribution in [0.4, 0.5) is 23.2 Å². The average molecular weight is 290 g/mol. The molecule has 2 nitrogen and oxygen atoms in total. The van der Waals surface area contributed by atoms with Crippen molar-refractivity contribution in [3.05, 3.63) is 29.6 Å². The van der Waals surface area contributed by atoms with Gasteiger partial charge in [0.1, 0.15) is 5.82 Å². The maximum Gasteiger partial charge on any atom is 0.393 e. The summed E-state index contributed by atoms with van der Waals surface area (Å²) in [6, 6.07) is 4.52. The Bertz CT molecular complexity index is 459. The van der Waals surface area contributed by atoms with Crippen LogP contribution in [0.5, 0.6) is 0 Å². The van der Waals surface area contributed by atoms with Gasteiger partial charge in [-0.2, -0.15) is 13.2 Å². The lowest BCUT2D eigenvalue weighted by atomic mass is 9.96. The molecule has 0 amide bonds. The Morgan fingerprint density at radius 1 is 1.30 bits per heavy atom. The SMILES string of the molecule is NCCc1c(F)cccc1N1CCCC(C(F)(F)F)C1. The Labute approximate surface area is 115 Å². The number of piperidine rings is 1. The summed E-state index contributed by atoms with van der Waals surface area (Å²) in [5.74, 6) is -1.74. The summed E-state index contributed by atoms with van der Waals surface area (Å²) < 4.78 is 52.3. The molecule has 0 bridgehead atoms. The molecule has 1 aliphatic rings. The van der Waals surface area contributed by atoms with Crippen LogP contribution in [-0.4, -0.2) is 25.8 Å². The van der Waals surface area contributed by atoms with Gasteiger partial charge in [-0.25, -0.2) is 4.39 Å². The van der Waals surface area contributed by atoms with Crippen molar-refractivity contribution in [1.82, 2.24) is 0 Å². The number of rotatable bonds is 3. The van der Waals surface area contributed by atoms with E-state index in [0.29, 0.717) is 30.6 Å². The molecule has 1 aromatic carbocycles. The summed E-state index contributed by atoms with van der Waals surface area (Å²) >= 11 is 0. The highest BCUT2D eigenvalue weighted by Crippen LogP contribution is 2.36. The highest BCUT2D eigenvalue weighted by Gasteiger charge is 2.42. The second kappa shape index (κ2) is 5.99. The Hall–Kier alpha value is -1.30. The lowest BCUT2D eigenvalue weighted by Crippen LogP contribution is -2.42. The van der Waals surface area contributed by atoms with Crippen molar-refractivity contribution in [3.8, 4) is 0 Å². The number of anilines is 1. The topological polar surface area (TPSA) is 29.3 Å². The quantitative estimate of drug-likeness (QED) is 0.867. The van der Waals surface area contributed by atoms with E-state index in [2.05, 4.69) is 0 Å². The first-order valence-electron chi connectivity index (χ1n) is 6.72. The predicted octanol–water partition coefficient (Wildman–Crippen LogP) is 3.11. The number of benzene rings is 1. The molecule has 1 fully saturated rings. The fourth-order valence-corrected chi connectivity index (χ4v) is 2.70. The second-order valence-corrected chi connectivity index (χ2v) is 5.10. The summed E-state index contributed by atoms with van der Waals surface area (Å²) in [6.45, 7) is 0.683. The van der Waals surface area contributed by atoms with Gasteiger partial charge in [-0.1, -0.05) is 6.07 Å². The van der Waals surface area contributed by atoms with E-state index < -0.39 is 17.9 Å². The summed E-state index contributed by atoms with van der Waals surface area (Å²) in [5, 5.41) is 0. The van der Waals surface area contributed by atoms with Gasteiger partial charge in [0.25, 0.3) is 0 Å². The Morgan fingerprint density at radius 3 is 2.70 bits per heavy atom. The van der Waals surface area contributed by atoms with Crippen LogP contribution in [0.15, 0.2) is 18.2 Å². The highest BCUT2D eigenvalue weighted by molar-refractivity contribution is 5.54. The van der Waals surface area contributed by atoms with E-state index in [0.717, 1.165) is 0 Å². The largest absolute Gasteiger partial charge is 0.393 e. The molecule has 1 unspecified atom stereocenters. The van der Waals surface area contributed by atoms with Crippen LogP contribution in [0, 0.1) is 11.7 Å². The van der Waals surface area contributed by atoms with Gasteiger partial charge < -0.3 is 10.6 Å². The van der Waals surface area contributed by atoms with Crippen molar-refractivity contribution in [2.45, 2.75) is 25.4 Å². The van der Waals surface area contributed by atoms with E-state index in [4.69, 9.17) is 5.73 Å². The summed E-state index contributed by atoms with van der Waals surface area (Å²) in [6.07, 6.45) is -3.26. The van der Waals surface area contributed by atoms with Gasteiger partial charge in [0, 0.05) is 24.3 Å². The van der Waals surface area contributed by atoms with E-state index in [9.17, 15) is 17.6 Å². The molecule has 1 heterocycles. The standard InChI is InChI=1S/C14H18F4N2/c15-12-4-1-5-13(11(12)6-7-19)20-8-2-3-10(9-20)14(16,17)18/h1,4-5,10H,2-3,6-9,19H2. The zero-order valence-corrected chi connectivity index (χ0v) is 11.1. The number of alkyl halides is 3. The molecule has 112 valence electrons. The molecule has 2 N–H and O–H groups in total. The van der Waals surface area contributed by atoms with Crippen molar-refractivity contribution in [2.75, 3.05) is 24.5 Å². The number of halogens is 4. The van der Waals surface area contributed by atoms with Gasteiger partial charge >= 0.3 is 6.18 Å². The molecule has 0 spiro atoms. The Balaban J connectivity index is 2.25. The molecule has 0 saturated carbocycles. The van der Waals surface area contributed by atoms with Gasteiger partial charge in [0.2, 0.25) is 0 Å². The van der Waals surface area contributed by atoms with Gasteiger partial charge in [0.05, 0.1) is 5.92 Å². The molecular formula is C14H18F4N2. The van der Waals surface area contributed by atoms with Crippen molar-refractivity contribution >= 4 is 5.69 Å². The molecule has 2 rings (SSSR count). The minimum absolute atomic E-state index is 0.107. The summed E-state index contributed by atoms with van der Waals surface area (Å²) in [4.78, 5) is 1.63. The molecular weight excluding hydrogens is 272 g/mol. The monoisotopic (exact) mass is 290 g/mol. The van der Waals surface area contributed by atoms with Gasteiger partial charge in [0.15, 0.2) is 0 Å². The van der Waals surface area contributed by atoms with Crippen LogP contribution in [-0.2, 0) is 6.42 Å². The van der Waals surface area contributed by atoms with Crippen molar-refractivity contribution in [2.24, 2.45) is 11.7 Å². The van der Waals surface area contributed by atoms with Crippen LogP contribution >= 0.6 is 0 Å². The van der Waals surface area contributed by atoms with Crippen molar-refractivity contribution < 1.29 is 17.6 Å². The first-order chi connectivity index (χ1) is 9.43. The molecule has 0 radical (unpaired) electrons. The molecule has 20 heavy (non-hydrogen) atoms. The van der Waals surface area contributed by atoms with Crippen LogP contribution in [0.3, 0.4) is 0 Å². The van der Waals surface area contributed by atoms with Gasteiger partial charge in [-0.3, -0.25) is 0 Å². The number of nitrogens with zero attached hydrogens (tertiary/aromatic N) is 1. The maximum atomic E-state index is 13.8. The Kier molecular flexibility index (Phi) is 4.52. The first kappa shape index (κ1) is 15.1. The third-order valence-corrected chi connectivity index (χ3v) is 3.71. The van der Waals surface area contributed by atoms with E-state index in [-0.39, 0.29) is 19.5 Å². The number of hydrogen-bond donors (Lipinski definition) is 1. The molecule has 0 aliphatic carbocycles. The third-order valence-electron chi connectivity index (χ3n) is 3.71. The normalized spacial score (nSPS) is 20.2. The molecule has 1 saturated heterocycles. The second-order valence-electron chi connectivity index (χ2n) is 5.10. The minimum atomic E-state index is -4.19. The first-order valence-corrected chi connectivity index (χ1v) is 6.72. The van der Waals surface area contributed by atoms with Crippen LogP contribution in [0.25, 0.3) is 0 Å². The summed E-state index contributed by atoms with van der Waals surface area (Å²) in [5.41, 5.74) is 6.42. The fraction of sp³-hybridized carbons (Fsp3) is 0.571. The van der Waals surface area contributed by atoms with Gasteiger partial charge in [-0.05, 0) is 37.9 Å². The zero-order valence-electron chi connectivity index (χ0n) is 11.1. The summed E-state index contributed by atoms with van der Waals surface area (Å²) in [7, 11) is 0. The van der Waals surface area contributed by atoms with Crippen LogP contribution in [0.1, 0.15) is 18.4 Å². The third kappa shape index (κ3) is 3.23. The molecule has 1 atom stereocenters. The van der Waals surface area contributed by atoms with E-state index >= 15 is 0 Å². The highest BCUT2D eigenvalue weighted by atomic mass is 19.4. The molecule has 6 heteroatoms. The maximum absolute atomic E-state index is 13.8. The smallest absolute Gasteiger partial charge is 0.371 e. The lowest BCUT2D eigenvalue weighted by Gasteiger charge is -2.36. The van der Waals surface area contributed by atoms with E-state index in [1.807, 2.05) is 0 Å². The van der Waals surface area contributed by atoms with E-state index in [1.54, 1.807) is 11.0 Å². The van der Waals surface area contributed by atoms with Crippen molar-refractivity contribution in [1.29, 1.82) is 0 Å². The minimum Gasteiger partial charge on any atom is -0.371 e. The number of hydrogen-bond acceptors (Lipinski definition) is 2. The lowest BCUT2D eigenvalue weighted by molar-refractivity contribution is -0.176. The van der Waals surface area contributed by atoms with Crippen molar-refractivity contribution in [3.63, 3.8) is 0 Å². The fourth-order valence-electron chi connectivity index (χ4n) is 2.70. The van der Waals surface area contributed by atoms with Crippen LogP contribution < -0.4 is 10.6 Å². The van der Waals surface area contributed by atoms with Gasteiger partial charge in [-0.15, -0.1) is 0 Å². The average Bonchev–Trinajstić information content (AvgIpc) is 2.40. The Morgan fingerprint density at radius 2 is 2.05 bits per heavy atom. The predicted molar refractivity (Wildman–Crippen MR) is 70.2 cm³/mol. The molecule has 1 aliphatic heterocycles. The van der Waals surface area contributed by atoms with Crippen LogP contribution in [0.2, 0.25) is 0 Å². The zero-order chi connectivity index (χ0) is 14.8. The molecule has 1 aromatic rings.